The Labute approximate surface area is 283 Å². The summed E-state index contributed by atoms with van der Waals surface area (Å²) in [6.07, 6.45) is 4.40. The number of halogens is 2. The summed E-state index contributed by atoms with van der Waals surface area (Å²) in [5.41, 5.74) is 13.0. The zero-order chi connectivity index (χ0) is 32.7. The van der Waals surface area contributed by atoms with Crippen molar-refractivity contribution >= 4 is 82.2 Å². The molecule has 1 fully saturated rings. The van der Waals surface area contributed by atoms with Crippen LogP contribution in [0.25, 0.3) is 0 Å². The second-order valence-electron chi connectivity index (χ2n) is 10.4. The molecule has 45 heavy (non-hydrogen) atoms. The normalized spacial score (nSPS) is 18.3. The largest absolute Gasteiger partial charge is 0.480 e. The van der Waals surface area contributed by atoms with Gasteiger partial charge in [0.15, 0.2) is 11.9 Å². The first-order chi connectivity index (χ1) is 21.5. The highest BCUT2D eigenvalue weighted by Gasteiger charge is 2.54. The molecular weight excluding hydrogens is 681 g/mol. The predicted molar refractivity (Wildman–Crippen MR) is 176 cm³/mol. The van der Waals surface area contributed by atoms with Crippen LogP contribution in [-0.2, 0) is 32.1 Å². The fraction of sp³-hybridized carbons (Fsp3) is 0.414. The smallest absolute Gasteiger partial charge is 0.352 e. The SMILES string of the molecule is NCCCc1cc(SCC2=C(C(=O)O)N3C(=O)[C@@H](NC(=O)CSc4cc(Cl)ccc4Cl)[C@H]3SC2)cc[n+]1CCC[C@H](N)C(=O)O. The maximum absolute atomic E-state index is 13.1. The first kappa shape index (κ1) is 35.4. The number of thioether (sulfide) groups is 3. The van der Waals surface area contributed by atoms with Gasteiger partial charge in [-0.25, -0.2) is 9.36 Å². The maximum atomic E-state index is 13.1. The lowest BCUT2D eigenvalue weighted by Crippen LogP contribution is -2.70. The fourth-order valence-electron chi connectivity index (χ4n) is 4.88. The van der Waals surface area contributed by atoms with Gasteiger partial charge in [0.25, 0.3) is 5.91 Å². The molecule has 3 atom stereocenters. The summed E-state index contributed by atoms with van der Waals surface area (Å²) in [5.74, 6) is -2.25. The molecule has 2 amide bonds. The van der Waals surface area contributed by atoms with Crippen LogP contribution in [0.5, 0.6) is 0 Å². The van der Waals surface area contributed by atoms with Crippen molar-refractivity contribution < 1.29 is 34.0 Å². The van der Waals surface area contributed by atoms with Gasteiger partial charge in [-0.2, -0.15) is 0 Å². The van der Waals surface area contributed by atoms with Crippen molar-refractivity contribution in [1.82, 2.24) is 10.2 Å². The number of β-lactam (4-membered cyclic amide) rings is 1. The molecule has 0 radical (unpaired) electrons. The molecule has 7 N–H and O–H groups in total. The Morgan fingerprint density at radius 3 is 2.64 bits per heavy atom. The molecule has 0 spiro atoms. The number of nitrogens with two attached hydrogens (primary N) is 2. The number of fused-ring (bicyclic) bond motifs is 1. The van der Waals surface area contributed by atoms with Crippen LogP contribution in [0.15, 0.2) is 57.6 Å². The van der Waals surface area contributed by atoms with Crippen molar-refractivity contribution in [2.24, 2.45) is 11.5 Å². The second kappa shape index (κ2) is 16.4. The van der Waals surface area contributed by atoms with E-state index in [1.807, 2.05) is 18.3 Å². The first-order valence-electron chi connectivity index (χ1n) is 14.1. The van der Waals surface area contributed by atoms with Crippen molar-refractivity contribution in [3.8, 4) is 0 Å². The maximum Gasteiger partial charge on any atom is 0.352 e. The molecule has 0 unspecified atom stereocenters. The Kier molecular flexibility index (Phi) is 12.9. The van der Waals surface area contributed by atoms with Gasteiger partial charge in [0.05, 0.1) is 10.8 Å². The van der Waals surface area contributed by atoms with Crippen molar-refractivity contribution in [3.05, 3.63) is 63.5 Å². The number of carboxylic acid groups (broad SMARTS) is 2. The van der Waals surface area contributed by atoms with E-state index in [2.05, 4.69) is 9.88 Å². The third-order valence-corrected chi connectivity index (χ3v) is 11.3. The molecule has 2 aromatic rings. The van der Waals surface area contributed by atoms with Crippen molar-refractivity contribution in [2.75, 3.05) is 23.8 Å². The van der Waals surface area contributed by atoms with Crippen molar-refractivity contribution in [2.45, 2.75) is 59.5 Å². The van der Waals surface area contributed by atoms with E-state index in [4.69, 9.17) is 39.8 Å². The van der Waals surface area contributed by atoms with Crippen LogP contribution in [-0.4, -0.2) is 80.1 Å². The van der Waals surface area contributed by atoms with Gasteiger partial charge < -0.3 is 27.0 Å². The summed E-state index contributed by atoms with van der Waals surface area (Å²) < 4.78 is 2.06. The molecule has 0 saturated carbocycles. The summed E-state index contributed by atoms with van der Waals surface area (Å²) in [7, 11) is 0. The lowest BCUT2D eigenvalue weighted by atomic mass is 10.0. The number of hydrogen-bond acceptors (Lipinski definition) is 9. The number of aryl methyl sites for hydroxylation is 2. The average molecular weight is 716 g/mol. The molecule has 1 aromatic carbocycles. The number of nitrogens with one attached hydrogen (secondary N) is 1. The Balaban J connectivity index is 1.38. The number of carbonyl (C=O) groups is 4. The highest BCUT2D eigenvalue weighted by molar-refractivity contribution is 8.01. The molecule has 1 saturated heterocycles. The molecular formula is C29H34Cl2N5O6S3+. The number of hydrogen-bond donors (Lipinski definition) is 5. The monoisotopic (exact) mass is 714 g/mol. The topological polar surface area (TPSA) is 180 Å². The Morgan fingerprint density at radius 1 is 1.16 bits per heavy atom. The molecule has 4 rings (SSSR count). The standard InChI is InChI=1S/C29H33Cl2N5O6S3/c30-17-5-6-20(31)22(11-17)44-15-23(37)34-24-26(38)36-25(29(41)42)16(14-45-27(24)36)13-43-19-7-10-35(18(12-19)3-1-8-32)9-2-4-21(33)28(39)40/h5-7,10-12,21,24,27H,1-4,8-9,13-15,32-33H2,(H2-,34,37,39,40,41,42)/p+1/t21-,24+,27+/m0/s1. The number of nitrogens with zero attached hydrogens (tertiary/aromatic N) is 2. The van der Waals surface area contributed by atoms with Gasteiger partial charge in [-0.1, -0.05) is 23.2 Å². The molecule has 11 nitrogen and oxygen atoms in total. The Morgan fingerprint density at radius 2 is 1.93 bits per heavy atom. The van der Waals surface area contributed by atoms with E-state index in [9.17, 15) is 24.3 Å². The number of rotatable bonds is 16. The summed E-state index contributed by atoms with van der Waals surface area (Å²) in [6.45, 7) is 1.13. The minimum Gasteiger partial charge on any atom is -0.480 e. The summed E-state index contributed by atoms with van der Waals surface area (Å²) in [4.78, 5) is 51.9. The van der Waals surface area contributed by atoms with E-state index in [1.165, 1.54) is 40.2 Å². The number of amides is 2. The van der Waals surface area contributed by atoms with E-state index >= 15 is 0 Å². The average Bonchev–Trinajstić information content (AvgIpc) is 3.01. The quantitative estimate of drug-likeness (QED) is 0.0980. The Bertz CT molecular complexity index is 1500. The minimum atomic E-state index is -1.19. The number of aromatic nitrogens is 1. The zero-order valence-electron chi connectivity index (χ0n) is 24.1. The lowest BCUT2D eigenvalue weighted by molar-refractivity contribution is -0.704. The Hall–Kier alpha value is -2.46. The van der Waals surface area contributed by atoms with E-state index in [1.54, 1.807) is 18.2 Å². The van der Waals surface area contributed by atoms with Crippen LogP contribution >= 0.6 is 58.5 Å². The third-order valence-electron chi connectivity index (χ3n) is 7.20. The third kappa shape index (κ3) is 9.09. The molecule has 0 aliphatic carbocycles. The molecule has 3 heterocycles. The van der Waals surface area contributed by atoms with E-state index in [0.29, 0.717) is 58.0 Å². The van der Waals surface area contributed by atoms with Crippen molar-refractivity contribution in [1.29, 1.82) is 0 Å². The van der Waals surface area contributed by atoms with Gasteiger partial charge in [0, 0.05) is 51.3 Å². The van der Waals surface area contributed by atoms with Crippen LogP contribution in [0.3, 0.4) is 0 Å². The van der Waals surface area contributed by atoms with Gasteiger partial charge in [-0.15, -0.1) is 35.3 Å². The van der Waals surface area contributed by atoms with Crippen LogP contribution in [0.1, 0.15) is 25.0 Å². The molecule has 16 heteroatoms. The van der Waals surface area contributed by atoms with E-state index in [-0.39, 0.29) is 17.4 Å². The number of benzene rings is 1. The summed E-state index contributed by atoms with van der Waals surface area (Å²) in [6, 6.07) is 7.20. The van der Waals surface area contributed by atoms with E-state index < -0.39 is 35.3 Å². The number of carbonyl (C=O) groups excluding carboxylic acids is 2. The molecule has 2 aliphatic heterocycles. The van der Waals surface area contributed by atoms with Gasteiger partial charge in [-0.3, -0.25) is 19.3 Å². The number of aliphatic carboxylic acids is 2. The number of carboxylic acids is 2. The molecule has 1 aromatic heterocycles. The molecule has 0 bridgehead atoms. The molecule has 242 valence electrons. The van der Waals surface area contributed by atoms with Crippen LogP contribution < -0.4 is 21.4 Å². The second-order valence-corrected chi connectivity index (χ2v) is 14.4. The van der Waals surface area contributed by atoms with E-state index in [0.717, 1.165) is 23.4 Å². The fourth-order valence-corrected chi connectivity index (χ4v) is 8.61. The van der Waals surface area contributed by atoms with Gasteiger partial charge >= 0.3 is 11.9 Å². The predicted octanol–water partition coefficient (Wildman–Crippen LogP) is 2.99. The zero-order valence-corrected chi connectivity index (χ0v) is 28.1. The highest BCUT2D eigenvalue weighted by Crippen LogP contribution is 2.41. The van der Waals surface area contributed by atoms with Gasteiger partial charge in [0.1, 0.15) is 29.7 Å². The van der Waals surface area contributed by atoms with Crippen LogP contribution in [0.4, 0.5) is 0 Å². The first-order valence-corrected chi connectivity index (χ1v) is 17.9. The van der Waals surface area contributed by atoms with Crippen molar-refractivity contribution in [3.63, 3.8) is 0 Å². The molecule has 2 aliphatic rings. The minimum absolute atomic E-state index is 0.0188. The highest BCUT2D eigenvalue weighted by atomic mass is 35.5. The van der Waals surface area contributed by atoms with Gasteiger partial charge in [0.2, 0.25) is 5.91 Å². The summed E-state index contributed by atoms with van der Waals surface area (Å²) in [5, 5.41) is 22.3. The number of pyridine rings is 1. The van der Waals surface area contributed by atoms with Gasteiger partial charge in [-0.05, 0) is 43.2 Å². The van der Waals surface area contributed by atoms with Crippen LogP contribution in [0, 0.1) is 0 Å². The lowest BCUT2D eigenvalue weighted by Gasteiger charge is -2.49. The summed E-state index contributed by atoms with van der Waals surface area (Å²) >= 11 is 16.3. The van der Waals surface area contributed by atoms with Crippen LogP contribution in [0.2, 0.25) is 10.0 Å².